The molecule has 0 heterocycles. The van der Waals surface area contributed by atoms with Crippen LogP contribution >= 0.6 is 0 Å². The number of aryl methyl sites for hydroxylation is 2. The van der Waals surface area contributed by atoms with Crippen LogP contribution in [-0.2, 0) is 22.6 Å². The first kappa shape index (κ1) is 28.0. The fourth-order valence-corrected chi connectivity index (χ4v) is 4.06. The first-order valence-corrected chi connectivity index (χ1v) is 13.2. The van der Waals surface area contributed by atoms with Crippen molar-refractivity contribution in [2.75, 3.05) is 13.2 Å². The molecule has 0 radical (unpaired) electrons. The van der Waals surface area contributed by atoms with Crippen molar-refractivity contribution in [3.8, 4) is 5.75 Å². The van der Waals surface area contributed by atoms with E-state index in [4.69, 9.17) is 4.74 Å². The summed E-state index contributed by atoms with van der Waals surface area (Å²) in [5.41, 5.74) is 4.36. The number of ether oxygens (including phenoxy) is 1. The summed E-state index contributed by atoms with van der Waals surface area (Å²) >= 11 is 0. The molecular weight excluding hydrogens is 460 g/mol. The molecule has 0 fully saturated rings. The van der Waals surface area contributed by atoms with Crippen molar-refractivity contribution in [3.63, 3.8) is 0 Å². The summed E-state index contributed by atoms with van der Waals surface area (Å²) in [6, 6.07) is 25.3. The predicted octanol–water partition coefficient (Wildman–Crippen LogP) is 5.87. The van der Waals surface area contributed by atoms with Crippen molar-refractivity contribution < 1.29 is 14.3 Å². The molecule has 5 nitrogen and oxygen atoms in total. The van der Waals surface area contributed by atoms with Crippen LogP contribution in [0.5, 0.6) is 5.75 Å². The third kappa shape index (κ3) is 9.41. The van der Waals surface area contributed by atoms with E-state index in [1.807, 2.05) is 92.7 Å². The highest BCUT2D eigenvalue weighted by Crippen LogP contribution is 2.18. The van der Waals surface area contributed by atoms with E-state index in [1.54, 1.807) is 4.90 Å². The highest BCUT2D eigenvalue weighted by molar-refractivity contribution is 5.88. The highest BCUT2D eigenvalue weighted by Gasteiger charge is 2.30. The lowest BCUT2D eigenvalue weighted by Gasteiger charge is -2.32. The number of benzene rings is 3. The van der Waals surface area contributed by atoms with Crippen LogP contribution in [0.4, 0.5) is 0 Å². The van der Waals surface area contributed by atoms with Gasteiger partial charge < -0.3 is 15.0 Å². The zero-order chi connectivity index (χ0) is 26.6. The van der Waals surface area contributed by atoms with Gasteiger partial charge in [-0.05, 0) is 49.4 Å². The van der Waals surface area contributed by atoms with Gasteiger partial charge in [-0.1, -0.05) is 91.7 Å². The average molecular weight is 501 g/mol. The van der Waals surface area contributed by atoms with Crippen molar-refractivity contribution in [3.05, 3.63) is 101 Å². The van der Waals surface area contributed by atoms with Gasteiger partial charge in [0.2, 0.25) is 11.8 Å². The average Bonchev–Trinajstić information content (AvgIpc) is 2.89. The molecule has 1 unspecified atom stereocenters. The molecule has 0 aliphatic rings. The largest absolute Gasteiger partial charge is 0.494 e. The Hall–Kier alpha value is -3.60. The van der Waals surface area contributed by atoms with Gasteiger partial charge in [-0.3, -0.25) is 9.59 Å². The summed E-state index contributed by atoms with van der Waals surface area (Å²) in [5.74, 6) is 0.953. The van der Waals surface area contributed by atoms with Gasteiger partial charge in [-0.25, -0.2) is 0 Å². The second-order valence-corrected chi connectivity index (χ2v) is 10.1. The summed E-state index contributed by atoms with van der Waals surface area (Å²) < 4.78 is 5.84. The van der Waals surface area contributed by atoms with Crippen LogP contribution in [-0.4, -0.2) is 35.9 Å². The smallest absolute Gasteiger partial charge is 0.243 e. The number of carbonyl (C=O) groups excluding carboxylic acids is 2. The molecule has 37 heavy (non-hydrogen) atoms. The van der Waals surface area contributed by atoms with Crippen LogP contribution in [0.3, 0.4) is 0 Å². The molecule has 3 aromatic carbocycles. The Kier molecular flexibility index (Phi) is 10.8. The van der Waals surface area contributed by atoms with Gasteiger partial charge >= 0.3 is 0 Å². The summed E-state index contributed by atoms with van der Waals surface area (Å²) in [7, 11) is 0. The fourth-order valence-electron chi connectivity index (χ4n) is 4.06. The van der Waals surface area contributed by atoms with Crippen LogP contribution in [0, 0.1) is 19.8 Å². The third-order valence-electron chi connectivity index (χ3n) is 6.25. The Morgan fingerprint density at radius 1 is 0.838 bits per heavy atom. The molecule has 0 bridgehead atoms. The number of hydrogen-bond acceptors (Lipinski definition) is 3. The zero-order valence-electron chi connectivity index (χ0n) is 22.6. The van der Waals surface area contributed by atoms with Gasteiger partial charge in [0.05, 0.1) is 6.61 Å². The minimum atomic E-state index is -0.604. The van der Waals surface area contributed by atoms with Crippen molar-refractivity contribution in [2.45, 2.75) is 59.5 Å². The second kappa shape index (κ2) is 14.2. The first-order chi connectivity index (χ1) is 17.8. The van der Waals surface area contributed by atoms with E-state index in [9.17, 15) is 9.59 Å². The van der Waals surface area contributed by atoms with Crippen molar-refractivity contribution >= 4 is 11.8 Å². The van der Waals surface area contributed by atoms with E-state index in [0.717, 1.165) is 22.4 Å². The Morgan fingerprint density at radius 3 is 2.08 bits per heavy atom. The molecule has 5 heteroatoms. The lowest BCUT2D eigenvalue weighted by atomic mass is 10.0. The lowest BCUT2D eigenvalue weighted by molar-refractivity contribution is -0.141. The number of hydrogen-bond donors (Lipinski definition) is 1. The van der Waals surface area contributed by atoms with E-state index in [-0.39, 0.29) is 11.8 Å². The Bertz CT molecular complexity index is 1110. The van der Waals surface area contributed by atoms with Gasteiger partial charge in [-0.2, -0.15) is 0 Å². The molecular formula is C32H40N2O3. The highest BCUT2D eigenvalue weighted by atomic mass is 16.5. The molecule has 0 aliphatic carbocycles. The standard InChI is InChI=1S/C32H40N2O3/c1-24(2)22-33-32(36)30(21-27-9-6-5-7-10-27)34(23-28-16-12-25(3)13-17-28)31(35)11-8-20-37-29-18-14-26(4)15-19-29/h5-7,9-10,12-19,24,30H,8,11,20-23H2,1-4H3,(H,33,36). The SMILES string of the molecule is Cc1ccc(CN(C(=O)CCCOc2ccc(C)cc2)C(Cc2ccccc2)C(=O)NCC(C)C)cc1. The molecule has 3 rings (SSSR count). The van der Waals surface area contributed by atoms with Gasteiger partial charge in [0, 0.05) is 25.9 Å². The van der Waals surface area contributed by atoms with Crippen LogP contribution in [0.15, 0.2) is 78.9 Å². The van der Waals surface area contributed by atoms with Gasteiger partial charge in [0.15, 0.2) is 0 Å². The van der Waals surface area contributed by atoms with Crippen LogP contribution in [0.25, 0.3) is 0 Å². The minimum Gasteiger partial charge on any atom is -0.494 e. The van der Waals surface area contributed by atoms with Crippen molar-refractivity contribution in [1.29, 1.82) is 0 Å². The minimum absolute atomic E-state index is 0.0475. The number of nitrogens with zero attached hydrogens (tertiary/aromatic N) is 1. The fraction of sp³-hybridized carbons (Fsp3) is 0.375. The van der Waals surface area contributed by atoms with E-state index < -0.39 is 6.04 Å². The summed E-state index contributed by atoms with van der Waals surface area (Å²) in [5, 5.41) is 3.07. The van der Waals surface area contributed by atoms with Gasteiger partial charge in [-0.15, -0.1) is 0 Å². The molecule has 1 atom stereocenters. The van der Waals surface area contributed by atoms with Crippen LogP contribution in [0.1, 0.15) is 48.9 Å². The molecule has 0 aromatic heterocycles. The topological polar surface area (TPSA) is 58.6 Å². The maximum atomic E-state index is 13.6. The summed E-state index contributed by atoms with van der Waals surface area (Å²) in [4.78, 5) is 28.8. The van der Waals surface area contributed by atoms with Gasteiger partial charge in [0.25, 0.3) is 0 Å². The van der Waals surface area contributed by atoms with E-state index in [1.165, 1.54) is 5.56 Å². The molecule has 3 aromatic rings. The Morgan fingerprint density at radius 2 is 1.46 bits per heavy atom. The molecule has 196 valence electrons. The maximum Gasteiger partial charge on any atom is 0.243 e. The molecule has 0 spiro atoms. The summed E-state index contributed by atoms with van der Waals surface area (Å²) in [6.07, 6.45) is 1.34. The molecule has 0 aliphatic heterocycles. The predicted molar refractivity (Wildman–Crippen MR) is 149 cm³/mol. The monoisotopic (exact) mass is 500 g/mol. The molecule has 0 saturated carbocycles. The van der Waals surface area contributed by atoms with Gasteiger partial charge in [0.1, 0.15) is 11.8 Å². The Balaban J connectivity index is 1.77. The Labute approximate surface area is 221 Å². The van der Waals surface area contributed by atoms with Crippen LogP contribution in [0.2, 0.25) is 0 Å². The second-order valence-electron chi connectivity index (χ2n) is 10.1. The third-order valence-corrected chi connectivity index (χ3v) is 6.25. The van der Waals surface area contributed by atoms with E-state index >= 15 is 0 Å². The molecule has 1 N–H and O–H groups in total. The molecule has 0 saturated heterocycles. The number of nitrogens with one attached hydrogen (secondary N) is 1. The van der Waals surface area contributed by atoms with Crippen LogP contribution < -0.4 is 10.1 Å². The van der Waals surface area contributed by atoms with Crippen molar-refractivity contribution in [1.82, 2.24) is 10.2 Å². The van der Waals surface area contributed by atoms with E-state index in [0.29, 0.717) is 44.9 Å². The normalized spacial score (nSPS) is 11.7. The van der Waals surface area contributed by atoms with Crippen molar-refractivity contribution in [2.24, 2.45) is 5.92 Å². The number of amides is 2. The quantitative estimate of drug-likeness (QED) is 0.298. The number of carbonyl (C=O) groups is 2. The summed E-state index contributed by atoms with van der Waals surface area (Å²) in [6.45, 7) is 9.60. The maximum absolute atomic E-state index is 13.6. The molecule has 2 amide bonds. The number of rotatable bonds is 13. The zero-order valence-corrected chi connectivity index (χ0v) is 22.6. The van der Waals surface area contributed by atoms with E-state index in [2.05, 4.69) is 19.2 Å². The lowest BCUT2D eigenvalue weighted by Crippen LogP contribution is -2.51. The first-order valence-electron chi connectivity index (χ1n) is 13.2.